The van der Waals surface area contributed by atoms with Gasteiger partial charge in [0, 0.05) is 31.5 Å². The molecule has 1 aliphatic rings. The van der Waals surface area contributed by atoms with E-state index in [1.807, 2.05) is 26.0 Å². The van der Waals surface area contributed by atoms with Crippen LogP contribution in [0.15, 0.2) is 18.2 Å². The Morgan fingerprint density at radius 2 is 2.00 bits per heavy atom. The molecule has 1 aromatic rings. The fourth-order valence-electron chi connectivity index (χ4n) is 2.24. The molecule has 102 valence electrons. The molecule has 1 amide bonds. The van der Waals surface area contributed by atoms with Gasteiger partial charge in [-0.15, -0.1) is 0 Å². The van der Waals surface area contributed by atoms with Crippen LogP contribution in [0.5, 0.6) is 5.75 Å². The molecule has 0 unspecified atom stereocenters. The summed E-state index contributed by atoms with van der Waals surface area (Å²) in [6.45, 7) is 5.54. The van der Waals surface area contributed by atoms with Crippen molar-refractivity contribution in [2.75, 3.05) is 19.7 Å². The number of carbonyl (C=O) groups is 2. The third-order valence-electron chi connectivity index (χ3n) is 3.33. The van der Waals surface area contributed by atoms with Crippen LogP contribution >= 0.6 is 0 Å². The van der Waals surface area contributed by atoms with E-state index >= 15 is 0 Å². The standard InChI is InChI=1S/C15H19NO3/c1-3-19-14-5-4-12(10-11(14)2)15(18)16-8-6-13(17)7-9-16/h4-5,10H,3,6-9H2,1-2H3. The molecule has 0 radical (unpaired) electrons. The summed E-state index contributed by atoms with van der Waals surface area (Å²) in [5.74, 6) is 1.05. The van der Waals surface area contributed by atoms with Gasteiger partial charge >= 0.3 is 0 Å². The minimum Gasteiger partial charge on any atom is -0.494 e. The molecule has 0 bridgehead atoms. The highest BCUT2D eigenvalue weighted by Crippen LogP contribution is 2.20. The largest absolute Gasteiger partial charge is 0.494 e. The monoisotopic (exact) mass is 261 g/mol. The van der Waals surface area contributed by atoms with E-state index in [9.17, 15) is 9.59 Å². The second-order valence-corrected chi connectivity index (χ2v) is 4.74. The van der Waals surface area contributed by atoms with Gasteiger partial charge in [-0.1, -0.05) is 0 Å². The van der Waals surface area contributed by atoms with E-state index in [1.165, 1.54) is 0 Å². The summed E-state index contributed by atoms with van der Waals surface area (Å²) in [5, 5.41) is 0. The third-order valence-corrected chi connectivity index (χ3v) is 3.33. The first kappa shape index (κ1) is 13.6. The second kappa shape index (κ2) is 5.87. The molecule has 19 heavy (non-hydrogen) atoms. The van der Waals surface area contributed by atoms with Crippen LogP contribution in [0.1, 0.15) is 35.7 Å². The number of Topliss-reactive ketones (excluding diaryl/α,β-unsaturated/α-hetero) is 1. The Labute approximate surface area is 113 Å². The van der Waals surface area contributed by atoms with E-state index in [1.54, 1.807) is 11.0 Å². The predicted molar refractivity (Wildman–Crippen MR) is 72.5 cm³/mol. The Kier molecular flexibility index (Phi) is 4.20. The predicted octanol–water partition coefficient (Wildman–Crippen LogP) is 2.20. The number of aryl methyl sites for hydroxylation is 1. The highest BCUT2D eigenvalue weighted by molar-refractivity contribution is 5.95. The van der Waals surface area contributed by atoms with Crippen molar-refractivity contribution in [3.8, 4) is 5.75 Å². The number of benzene rings is 1. The number of ketones is 1. The Morgan fingerprint density at radius 1 is 1.32 bits per heavy atom. The summed E-state index contributed by atoms with van der Waals surface area (Å²) in [6.07, 6.45) is 0.948. The van der Waals surface area contributed by atoms with Gasteiger partial charge in [0.1, 0.15) is 11.5 Å². The third kappa shape index (κ3) is 3.13. The summed E-state index contributed by atoms with van der Waals surface area (Å²) in [5.41, 5.74) is 1.62. The van der Waals surface area contributed by atoms with E-state index in [0.29, 0.717) is 38.1 Å². The first-order chi connectivity index (χ1) is 9.11. The van der Waals surface area contributed by atoms with E-state index in [2.05, 4.69) is 0 Å². The number of likely N-dealkylation sites (tertiary alicyclic amines) is 1. The van der Waals surface area contributed by atoms with Gasteiger partial charge in [-0.3, -0.25) is 9.59 Å². The second-order valence-electron chi connectivity index (χ2n) is 4.74. The van der Waals surface area contributed by atoms with Crippen LogP contribution in [-0.4, -0.2) is 36.3 Å². The highest BCUT2D eigenvalue weighted by atomic mass is 16.5. The summed E-state index contributed by atoms with van der Waals surface area (Å²) in [4.78, 5) is 25.2. The first-order valence-corrected chi connectivity index (χ1v) is 6.66. The van der Waals surface area contributed by atoms with Gasteiger partial charge < -0.3 is 9.64 Å². The number of hydrogen-bond acceptors (Lipinski definition) is 3. The number of rotatable bonds is 3. The van der Waals surface area contributed by atoms with Gasteiger partial charge in [-0.05, 0) is 37.6 Å². The van der Waals surface area contributed by atoms with Crippen LogP contribution in [0.2, 0.25) is 0 Å². The summed E-state index contributed by atoms with van der Waals surface area (Å²) in [6, 6.07) is 5.47. The lowest BCUT2D eigenvalue weighted by Crippen LogP contribution is -2.38. The molecule has 0 atom stereocenters. The highest BCUT2D eigenvalue weighted by Gasteiger charge is 2.22. The minimum absolute atomic E-state index is 0.00125. The van der Waals surface area contributed by atoms with Crippen molar-refractivity contribution in [1.29, 1.82) is 0 Å². The molecule has 0 saturated carbocycles. The van der Waals surface area contributed by atoms with Crippen molar-refractivity contribution in [1.82, 2.24) is 4.90 Å². The molecule has 1 heterocycles. The maximum absolute atomic E-state index is 12.3. The average molecular weight is 261 g/mol. The molecular weight excluding hydrogens is 242 g/mol. The lowest BCUT2D eigenvalue weighted by atomic mass is 10.1. The Morgan fingerprint density at radius 3 is 2.58 bits per heavy atom. The van der Waals surface area contributed by atoms with Crippen molar-refractivity contribution < 1.29 is 14.3 Å². The first-order valence-electron chi connectivity index (χ1n) is 6.66. The van der Waals surface area contributed by atoms with E-state index in [-0.39, 0.29) is 11.7 Å². The molecule has 1 fully saturated rings. The molecule has 0 spiro atoms. The smallest absolute Gasteiger partial charge is 0.253 e. The number of amides is 1. The van der Waals surface area contributed by atoms with Gasteiger partial charge in [0.2, 0.25) is 0 Å². The molecule has 1 saturated heterocycles. The van der Waals surface area contributed by atoms with E-state index in [4.69, 9.17) is 4.74 Å². The fourth-order valence-corrected chi connectivity index (χ4v) is 2.24. The van der Waals surface area contributed by atoms with Crippen LogP contribution in [0.25, 0.3) is 0 Å². The van der Waals surface area contributed by atoms with Gasteiger partial charge in [0.05, 0.1) is 6.61 Å². The molecule has 4 nitrogen and oxygen atoms in total. The summed E-state index contributed by atoms with van der Waals surface area (Å²) in [7, 11) is 0. The lowest BCUT2D eigenvalue weighted by molar-refractivity contribution is -0.120. The van der Waals surface area contributed by atoms with Crippen molar-refractivity contribution in [3.63, 3.8) is 0 Å². The van der Waals surface area contributed by atoms with Gasteiger partial charge in [0.15, 0.2) is 0 Å². The van der Waals surface area contributed by atoms with Crippen LogP contribution in [0.3, 0.4) is 0 Å². The number of nitrogens with zero attached hydrogens (tertiary/aromatic N) is 1. The number of ether oxygens (including phenoxy) is 1. The molecule has 1 aliphatic heterocycles. The maximum atomic E-state index is 12.3. The van der Waals surface area contributed by atoms with Gasteiger partial charge in [-0.2, -0.15) is 0 Å². The van der Waals surface area contributed by atoms with E-state index in [0.717, 1.165) is 11.3 Å². The lowest BCUT2D eigenvalue weighted by Gasteiger charge is -2.26. The van der Waals surface area contributed by atoms with Gasteiger partial charge in [-0.25, -0.2) is 0 Å². The summed E-state index contributed by atoms with van der Waals surface area (Å²) >= 11 is 0. The van der Waals surface area contributed by atoms with E-state index < -0.39 is 0 Å². The topological polar surface area (TPSA) is 46.6 Å². The van der Waals surface area contributed by atoms with Crippen LogP contribution in [-0.2, 0) is 4.79 Å². The Hall–Kier alpha value is -1.84. The molecule has 1 aromatic carbocycles. The number of carbonyl (C=O) groups excluding carboxylic acids is 2. The van der Waals surface area contributed by atoms with Crippen LogP contribution in [0.4, 0.5) is 0 Å². The molecule has 4 heteroatoms. The Balaban J connectivity index is 2.11. The fraction of sp³-hybridized carbons (Fsp3) is 0.467. The maximum Gasteiger partial charge on any atom is 0.253 e. The molecule has 0 N–H and O–H groups in total. The zero-order valence-electron chi connectivity index (χ0n) is 11.4. The van der Waals surface area contributed by atoms with Crippen molar-refractivity contribution in [2.24, 2.45) is 0 Å². The van der Waals surface area contributed by atoms with Gasteiger partial charge in [0.25, 0.3) is 5.91 Å². The number of piperidine rings is 1. The zero-order chi connectivity index (χ0) is 13.8. The zero-order valence-corrected chi connectivity index (χ0v) is 11.4. The van der Waals surface area contributed by atoms with Crippen LogP contribution in [0, 0.1) is 6.92 Å². The average Bonchev–Trinajstić information content (AvgIpc) is 2.41. The molecule has 2 rings (SSSR count). The SMILES string of the molecule is CCOc1ccc(C(=O)N2CCC(=O)CC2)cc1C. The Bertz CT molecular complexity index is 486. The van der Waals surface area contributed by atoms with Crippen molar-refractivity contribution in [3.05, 3.63) is 29.3 Å². The molecular formula is C15H19NO3. The van der Waals surface area contributed by atoms with Crippen molar-refractivity contribution in [2.45, 2.75) is 26.7 Å². The van der Waals surface area contributed by atoms with Crippen molar-refractivity contribution >= 4 is 11.7 Å². The summed E-state index contributed by atoms with van der Waals surface area (Å²) < 4.78 is 5.46. The minimum atomic E-state index is -0.00125. The molecule has 0 aliphatic carbocycles. The quantitative estimate of drug-likeness (QED) is 0.838. The number of hydrogen-bond donors (Lipinski definition) is 0. The van der Waals surface area contributed by atoms with Crippen LogP contribution < -0.4 is 4.74 Å². The molecule has 0 aromatic heterocycles. The normalized spacial score (nSPS) is 15.5.